The minimum Gasteiger partial charge on any atom is -0.481 e. The number of aliphatic carboxylic acids is 1. The zero-order chi connectivity index (χ0) is 23.7. The maximum Gasteiger partial charge on any atom is 0.407 e. The zero-order valence-electron chi connectivity index (χ0n) is 18.8. The molecular formula is C27H28N2O5. The molecule has 0 saturated heterocycles. The highest BCUT2D eigenvalue weighted by molar-refractivity contribution is 5.82. The third-order valence-corrected chi connectivity index (χ3v) is 7.23. The first kappa shape index (κ1) is 22.2. The molecule has 0 aromatic heterocycles. The Morgan fingerprint density at radius 1 is 0.912 bits per heavy atom. The van der Waals surface area contributed by atoms with Gasteiger partial charge in [-0.2, -0.15) is 0 Å². The number of rotatable bonds is 6. The Bertz CT molecular complexity index is 1100. The molecule has 4 atom stereocenters. The van der Waals surface area contributed by atoms with E-state index in [2.05, 4.69) is 34.9 Å². The number of carbonyl (C=O) groups excluding carboxylic acids is 2. The molecule has 0 radical (unpaired) electrons. The van der Waals surface area contributed by atoms with Gasteiger partial charge in [-0.25, -0.2) is 4.79 Å². The van der Waals surface area contributed by atoms with Gasteiger partial charge in [-0.15, -0.1) is 0 Å². The smallest absolute Gasteiger partial charge is 0.407 e. The SMILES string of the molecule is O=C(N[C@@H]1CCC[C@@H]1C(=O)NC1C=CC(C(=O)O)C1)OCC1c2ccccc2-c2ccccc21. The maximum atomic E-state index is 12.8. The van der Waals surface area contributed by atoms with E-state index in [1.807, 2.05) is 24.3 Å². The number of nitrogens with one attached hydrogen (secondary N) is 2. The summed E-state index contributed by atoms with van der Waals surface area (Å²) in [4.78, 5) is 36.6. The lowest BCUT2D eigenvalue weighted by atomic mass is 9.98. The predicted octanol–water partition coefficient (Wildman–Crippen LogP) is 3.84. The summed E-state index contributed by atoms with van der Waals surface area (Å²) in [5, 5.41) is 15.0. The predicted molar refractivity (Wildman–Crippen MR) is 126 cm³/mol. The summed E-state index contributed by atoms with van der Waals surface area (Å²) in [5.74, 6) is -1.97. The minimum atomic E-state index is -0.885. The zero-order valence-corrected chi connectivity index (χ0v) is 18.8. The fraction of sp³-hybridized carbons (Fsp3) is 0.370. The van der Waals surface area contributed by atoms with E-state index in [-0.39, 0.29) is 36.4 Å². The van der Waals surface area contributed by atoms with Crippen molar-refractivity contribution in [3.8, 4) is 11.1 Å². The fourth-order valence-electron chi connectivity index (χ4n) is 5.52. The van der Waals surface area contributed by atoms with Gasteiger partial charge in [0, 0.05) is 18.0 Å². The van der Waals surface area contributed by atoms with Crippen molar-refractivity contribution in [2.45, 2.75) is 43.7 Å². The van der Waals surface area contributed by atoms with Crippen molar-refractivity contribution in [3.05, 3.63) is 71.8 Å². The Hall–Kier alpha value is -3.61. The Morgan fingerprint density at radius 3 is 2.24 bits per heavy atom. The molecule has 7 nitrogen and oxygen atoms in total. The number of amides is 2. The van der Waals surface area contributed by atoms with Crippen LogP contribution < -0.4 is 10.6 Å². The third-order valence-electron chi connectivity index (χ3n) is 7.23. The van der Waals surface area contributed by atoms with E-state index in [1.54, 1.807) is 12.2 Å². The molecule has 0 aliphatic heterocycles. The lowest BCUT2D eigenvalue weighted by molar-refractivity contribution is -0.140. The first-order valence-corrected chi connectivity index (χ1v) is 11.8. The van der Waals surface area contributed by atoms with Crippen LogP contribution in [0.25, 0.3) is 11.1 Å². The molecule has 3 N–H and O–H groups in total. The monoisotopic (exact) mass is 460 g/mol. The Balaban J connectivity index is 1.17. The Labute approximate surface area is 198 Å². The summed E-state index contributed by atoms with van der Waals surface area (Å²) in [6.07, 6.45) is 5.43. The molecule has 2 unspecified atom stereocenters. The van der Waals surface area contributed by atoms with Crippen molar-refractivity contribution >= 4 is 18.0 Å². The number of hydrogen-bond donors (Lipinski definition) is 3. The van der Waals surface area contributed by atoms with E-state index in [0.29, 0.717) is 19.3 Å². The van der Waals surface area contributed by atoms with Crippen LogP contribution in [0.15, 0.2) is 60.7 Å². The van der Waals surface area contributed by atoms with E-state index in [4.69, 9.17) is 9.84 Å². The van der Waals surface area contributed by atoms with Crippen LogP contribution in [0.4, 0.5) is 4.79 Å². The summed E-state index contributed by atoms with van der Waals surface area (Å²) in [6, 6.07) is 15.8. The molecule has 3 aliphatic carbocycles. The van der Waals surface area contributed by atoms with Crippen LogP contribution in [-0.2, 0) is 14.3 Å². The number of carboxylic acid groups (broad SMARTS) is 1. The molecule has 7 heteroatoms. The molecule has 1 fully saturated rings. The lowest BCUT2D eigenvalue weighted by Gasteiger charge is -2.23. The van der Waals surface area contributed by atoms with Crippen LogP contribution in [0.5, 0.6) is 0 Å². The van der Waals surface area contributed by atoms with Crippen molar-refractivity contribution in [2.24, 2.45) is 11.8 Å². The van der Waals surface area contributed by atoms with Crippen LogP contribution in [0, 0.1) is 11.8 Å². The minimum absolute atomic E-state index is 0.0165. The van der Waals surface area contributed by atoms with Crippen molar-refractivity contribution in [3.63, 3.8) is 0 Å². The number of benzene rings is 2. The maximum absolute atomic E-state index is 12.8. The molecule has 5 rings (SSSR count). The third kappa shape index (κ3) is 4.30. The molecule has 0 heterocycles. The number of alkyl carbamates (subject to hydrolysis) is 1. The fourth-order valence-corrected chi connectivity index (χ4v) is 5.52. The molecule has 34 heavy (non-hydrogen) atoms. The molecule has 0 bridgehead atoms. The van der Waals surface area contributed by atoms with Gasteiger partial charge in [0.25, 0.3) is 0 Å². The largest absolute Gasteiger partial charge is 0.481 e. The number of hydrogen-bond acceptors (Lipinski definition) is 4. The average molecular weight is 461 g/mol. The quantitative estimate of drug-likeness (QED) is 0.568. The van der Waals surface area contributed by atoms with Gasteiger partial charge in [-0.3, -0.25) is 9.59 Å². The van der Waals surface area contributed by atoms with Crippen molar-refractivity contribution < 1.29 is 24.2 Å². The van der Waals surface area contributed by atoms with E-state index in [1.165, 1.54) is 11.1 Å². The second-order valence-corrected chi connectivity index (χ2v) is 9.29. The van der Waals surface area contributed by atoms with Gasteiger partial charge < -0.3 is 20.5 Å². The highest BCUT2D eigenvalue weighted by atomic mass is 16.5. The van der Waals surface area contributed by atoms with E-state index in [9.17, 15) is 14.4 Å². The normalized spacial score (nSPS) is 24.9. The van der Waals surface area contributed by atoms with Crippen molar-refractivity contribution in [1.82, 2.24) is 10.6 Å². The van der Waals surface area contributed by atoms with Crippen molar-refractivity contribution in [1.29, 1.82) is 0 Å². The molecule has 3 aliphatic rings. The van der Waals surface area contributed by atoms with Crippen LogP contribution >= 0.6 is 0 Å². The number of carbonyl (C=O) groups is 3. The van der Waals surface area contributed by atoms with E-state index in [0.717, 1.165) is 17.5 Å². The van der Waals surface area contributed by atoms with Gasteiger partial charge in [-0.05, 0) is 41.5 Å². The van der Waals surface area contributed by atoms with Gasteiger partial charge in [0.2, 0.25) is 5.91 Å². The second kappa shape index (κ2) is 9.33. The van der Waals surface area contributed by atoms with Crippen LogP contribution in [0.3, 0.4) is 0 Å². The summed E-state index contributed by atoms with van der Waals surface area (Å²) in [7, 11) is 0. The van der Waals surface area contributed by atoms with E-state index >= 15 is 0 Å². The first-order valence-electron chi connectivity index (χ1n) is 11.8. The highest BCUT2D eigenvalue weighted by Gasteiger charge is 2.36. The van der Waals surface area contributed by atoms with Crippen LogP contribution in [0.2, 0.25) is 0 Å². The molecule has 0 spiro atoms. The number of ether oxygens (including phenoxy) is 1. The van der Waals surface area contributed by atoms with Gasteiger partial charge in [-0.1, -0.05) is 67.1 Å². The second-order valence-electron chi connectivity index (χ2n) is 9.29. The van der Waals surface area contributed by atoms with Gasteiger partial charge in [0.05, 0.1) is 11.8 Å². The standard InChI is InChI=1S/C27H28N2O5/c30-25(28-17-13-12-16(14-17)26(31)32)22-10-5-11-24(22)29-27(33)34-15-23-20-8-3-1-6-18(20)19-7-2-4-9-21(19)23/h1-4,6-9,12-13,16-17,22-24H,5,10-11,14-15H2,(H,28,30)(H,29,33)(H,31,32)/t16?,17?,22-,24+/m0/s1. The molecular weight excluding hydrogens is 432 g/mol. The molecule has 2 aromatic carbocycles. The van der Waals surface area contributed by atoms with Gasteiger partial charge in [0.1, 0.15) is 6.61 Å². The first-order chi connectivity index (χ1) is 16.5. The van der Waals surface area contributed by atoms with E-state index < -0.39 is 18.0 Å². The number of carboxylic acids is 1. The summed E-state index contributed by atoms with van der Waals surface area (Å²) >= 11 is 0. The Kier molecular flexibility index (Phi) is 6.09. The summed E-state index contributed by atoms with van der Waals surface area (Å²) in [6.45, 7) is 0.229. The topological polar surface area (TPSA) is 105 Å². The average Bonchev–Trinajstić information content (AvgIpc) is 3.56. The summed E-state index contributed by atoms with van der Waals surface area (Å²) < 4.78 is 5.65. The van der Waals surface area contributed by atoms with Crippen LogP contribution in [0.1, 0.15) is 42.7 Å². The number of fused-ring (bicyclic) bond motifs is 3. The van der Waals surface area contributed by atoms with Crippen molar-refractivity contribution in [2.75, 3.05) is 6.61 Å². The molecule has 2 amide bonds. The molecule has 176 valence electrons. The molecule has 1 saturated carbocycles. The molecule has 2 aromatic rings. The Morgan fingerprint density at radius 2 is 1.59 bits per heavy atom. The van der Waals surface area contributed by atoms with Crippen LogP contribution in [-0.4, -0.2) is 41.8 Å². The lowest BCUT2D eigenvalue weighted by Crippen LogP contribution is -2.46. The highest BCUT2D eigenvalue weighted by Crippen LogP contribution is 2.44. The summed E-state index contributed by atoms with van der Waals surface area (Å²) in [5.41, 5.74) is 4.65. The van der Waals surface area contributed by atoms with Gasteiger partial charge >= 0.3 is 12.1 Å². The van der Waals surface area contributed by atoms with Gasteiger partial charge in [0.15, 0.2) is 0 Å².